The summed E-state index contributed by atoms with van der Waals surface area (Å²) >= 11 is 0. The maximum atomic E-state index is 11.7. The number of carbonyl (C=O) groups is 2. The maximum absolute atomic E-state index is 11.7. The molecule has 17 heavy (non-hydrogen) atoms. The summed E-state index contributed by atoms with van der Waals surface area (Å²) in [4.78, 5) is 23.6. The fourth-order valence-corrected chi connectivity index (χ4v) is 2.00. The van der Waals surface area contributed by atoms with E-state index >= 15 is 0 Å². The first-order chi connectivity index (χ1) is 8.02. The molecule has 1 aliphatic carbocycles. The van der Waals surface area contributed by atoms with Gasteiger partial charge in [0.25, 0.3) is 0 Å². The van der Waals surface area contributed by atoms with E-state index in [1.54, 1.807) is 7.05 Å². The van der Waals surface area contributed by atoms with Crippen molar-refractivity contribution >= 4 is 11.9 Å². The molecule has 0 saturated heterocycles. The second kappa shape index (κ2) is 6.59. The van der Waals surface area contributed by atoms with Crippen molar-refractivity contribution in [1.82, 2.24) is 4.90 Å². The van der Waals surface area contributed by atoms with Crippen LogP contribution in [0.3, 0.4) is 0 Å². The largest absolute Gasteiger partial charge is 0.481 e. The first kappa shape index (κ1) is 14.0. The van der Waals surface area contributed by atoms with E-state index in [0.29, 0.717) is 18.4 Å². The predicted octanol–water partition coefficient (Wildman–Crippen LogP) is 1.12. The molecule has 0 unspecified atom stereocenters. The van der Waals surface area contributed by atoms with Gasteiger partial charge >= 0.3 is 5.97 Å². The van der Waals surface area contributed by atoms with Gasteiger partial charge in [0.15, 0.2) is 0 Å². The third-order valence-corrected chi connectivity index (χ3v) is 3.14. The van der Waals surface area contributed by atoms with Gasteiger partial charge in [-0.25, -0.2) is 0 Å². The summed E-state index contributed by atoms with van der Waals surface area (Å²) in [5, 5.41) is 8.52. The minimum Gasteiger partial charge on any atom is -0.481 e. The molecule has 98 valence electrons. The van der Waals surface area contributed by atoms with Gasteiger partial charge in [0, 0.05) is 26.6 Å². The molecule has 1 aliphatic rings. The maximum Gasteiger partial charge on any atom is 0.305 e. The van der Waals surface area contributed by atoms with Crippen LogP contribution in [0.5, 0.6) is 0 Å². The third-order valence-electron chi connectivity index (χ3n) is 3.14. The van der Waals surface area contributed by atoms with E-state index in [-0.39, 0.29) is 18.9 Å². The molecule has 0 aromatic rings. The van der Waals surface area contributed by atoms with Crippen LogP contribution >= 0.6 is 0 Å². The Kier molecular flexibility index (Phi) is 5.41. The minimum absolute atomic E-state index is 0.00841. The number of hydrogen-bond donors (Lipinski definition) is 1. The lowest BCUT2D eigenvalue weighted by atomic mass is 9.80. The van der Waals surface area contributed by atoms with Crippen molar-refractivity contribution in [2.45, 2.75) is 38.7 Å². The van der Waals surface area contributed by atoms with Crippen LogP contribution < -0.4 is 0 Å². The van der Waals surface area contributed by atoms with Gasteiger partial charge in [0.1, 0.15) is 0 Å². The van der Waals surface area contributed by atoms with E-state index < -0.39 is 5.97 Å². The summed E-state index contributed by atoms with van der Waals surface area (Å²) in [6.07, 6.45) is 2.74. The van der Waals surface area contributed by atoms with Crippen LogP contribution in [0.15, 0.2) is 0 Å². The highest BCUT2D eigenvalue weighted by molar-refractivity contribution is 5.77. The fraction of sp³-hybridized carbons (Fsp3) is 0.833. The minimum atomic E-state index is -0.871. The van der Waals surface area contributed by atoms with Crippen molar-refractivity contribution in [3.63, 3.8) is 0 Å². The number of carbonyl (C=O) groups excluding carboxylic acids is 1. The van der Waals surface area contributed by atoms with Crippen molar-refractivity contribution in [3.8, 4) is 0 Å². The quantitative estimate of drug-likeness (QED) is 0.727. The average Bonchev–Trinajstić information content (AvgIpc) is 2.22. The summed E-state index contributed by atoms with van der Waals surface area (Å²) in [5.74, 6) is -0.428. The zero-order valence-corrected chi connectivity index (χ0v) is 10.5. The number of rotatable bonds is 7. The molecule has 1 fully saturated rings. The Balaban J connectivity index is 2.15. The zero-order valence-electron chi connectivity index (χ0n) is 10.5. The van der Waals surface area contributed by atoms with Crippen LogP contribution in [0.1, 0.15) is 32.6 Å². The normalized spacial score (nSPS) is 22.9. The van der Waals surface area contributed by atoms with Crippen LogP contribution in [-0.2, 0) is 14.3 Å². The van der Waals surface area contributed by atoms with Gasteiger partial charge in [-0.05, 0) is 25.7 Å². The summed E-state index contributed by atoms with van der Waals surface area (Å²) in [6, 6.07) is 0. The summed E-state index contributed by atoms with van der Waals surface area (Å²) in [7, 11) is 1.66. The van der Waals surface area contributed by atoms with Crippen molar-refractivity contribution in [3.05, 3.63) is 0 Å². The zero-order chi connectivity index (χ0) is 12.8. The van der Waals surface area contributed by atoms with Gasteiger partial charge in [-0.2, -0.15) is 0 Å². The van der Waals surface area contributed by atoms with Gasteiger partial charge < -0.3 is 14.7 Å². The predicted molar refractivity (Wildman–Crippen MR) is 62.6 cm³/mol. The number of hydrogen-bond acceptors (Lipinski definition) is 3. The lowest BCUT2D eigenvalue weighted by Gasteiger charge is -2.35. The van der Waals surface area contributed by atoms with E-state index in [9.17, 15) is 9.59 Å². The van der Waals surface area contributed by atoms with Gasteiger partial charge in [0.05, 0.1) is 12.5 Å². The lowest BCUT2D eigenvalue weighted by molar-refractivity contribution is -0.138. The van der Waals surface area contributed by atoms with E-state index in [4.69, 9.17) is 9.84 Å². The molecule has 0 aliphatic heterocycles. The second-order valence-electron chi connectivity index (χ2n) is 4.58. The molecular formula is C12H21NO4. The molecule has 1 N–H and O–H groups in total. The molecule has 5 heteroatoms. The van der Waals surface area contributed by atoms with Crippen LogP contribution in [0.4, 0.5) is 0 Å². The Morgan fingerprint density at radius 2 is 2.06 bits per heavy atom. The summed E-state index contributed by atoms with van der Waals surface area (Å²) in [6.45, 7) is 2.98. The molecule has 0 spiro atoms. The molecule has 1 amide bonds. The smallest absolute Gasteiger partial charge is 0.305 e. The standard InChI is InChI=1S/C12H21NO4/c1-3-17-10-6-9(7-10)8-11(14)13(2)5-4-12(15)16/h9-10H,3-8H2,1-2H3,(H,15,16). The van der Waals surface area contributed by atoms with Crippen molar-refractivity contribution < 1.29 is 19.4 Å². The Hall–Kier alpha value is -1.10. The van der Waals surface area contributed by atoms with Crippen LogP contribution in [0.25, 0.3) is 0 Å². The van der Waals surface area contributed by atoms with Gasteiger partial charge in [-0.15, -0.1) is 0 Å². The molecular weight excluding hydrogens is 222 g/mol. The van der Waals surface area contributed by atoms with Crippen LogP contribution in [0, 0.1) is 5.92 Å². The molecule has 0 aromatic carbocycles. The molecule has 0 heterocycles. The molecule has 1 rings (SSSR count). The topological polar surface area (TPSA) is 66.8 Å². The van der Waals surface area contributed by atoms with Gasteiger partial charge in [-0.1, -0.05) is 0 Å². The Morgan fingerprint density at radius 1 is 1.41 bits per heavy atom. The summed E-state index contributed by atoms with van der Waals surface area (Å²) < 4.78 is 5.43. The molecule has 0 bridgehead atoms. The third kappa shape index (κ3) is 4.73. The van der Waals surface area contributed by atoms with Crippen molar-refractivity contribution in [2.75, 3.05) is 20.2 Å². The van der Waals surface area contributed by atoms with Gasteiger partial charge in [0.2, 0.25) is 5.91 Å². The highest BCUT2D eigenvalue weighted by Gasteiger charge is 2.31. The number of nitrogens with zero attached hydrogens (tertiary/aromatic N) is 1. The molecule has 0 aromatic heterocycles. The molecule has 5 nitrogen and oxygen atoms in total. The summed E-state index contributed by atoms with van der Waals surface area (Å²) in [5.41, 5.74) is 0. The van der Waals surface area contributed by atoms with Crippen molar-refractivity contribution in [2.24, 2.45) is 5.92 Å². The molecule has 1 saturated carbocycles. The second-order valence-corrected chi connectivity index (χ2v) is 4.58. The van der Waals surface area contributed by atoms with E-state index in [1.165, 1.54) is 4.90 Å². The number of ether oxygens (including phenoxy) is 1. The van der Waals surface area contributed by atoms with Gasteiger partial charge in [-0.3, -0.25) is 9.59 Å². The fourth-order valence-electron chi connectivity index (χ4n) is 2.00. The Labute approximate surface area is 102 Å². The van der Waals surface area contributed by atoms with Crippen LogP contribution in [-0.4, -0.2) is 48.2 Å². The molecule has 0 atom stereocenters. The van der Waals surface area contributed by atoms with E-state index in [1.807, 2.05) is 6.92 Å². The number of carboxylic acid groups (broad SMARTS) is 1. The van der Waals surface area contributed by atoms with Crippen molar-refractivity contribution in [1.29, 1.82) is 0 Å². The number of aliphatic carboxylic acids is 1. The SMILES string of the molecule is CCOC1CC(CC(=O)N(C)CCC(=O)O)C1. The Morgan fingerprint density at radius 3 is 2.59 bits per heavy atom. The number of carboxylic acids is 1. The van der Waals surface area contributed by atoms with Crippen LogP contribution in [0.2, 0.25) is 0 Å². The Bertz CT molecular complexity index is 274. The highest BCUT2D eigenvalue weighted by atomic mass is 16.5. The average molecular weight is 243 g/mol. The first-order valence-electron chi connectivity index (χ1n) is 6.10. The monoisotopic (exact) mass is 243 g/mol. The molecule has 0 radical (unpaired) electrons. The highest BCUT2D eigenvalue weighted by Crippen LogP contribution is 2.32. The number of amides is 1. The van der Waals surface area contributed by atoms with E-state index in [2.05, 4.69) is 0 Å². The first-order valence-corrected chi connectivity index (χ1v) is 6.10. The van der Waals surface area contributed by atoms with E-state index in [0.717, 1.165) is 19.4 Å². The lowest BCUT2D eigenvalue weighted by Crippen LogP contribution is -2.37.